The average Bonchev–Trinajstić information content (AvgIpc) is 2.41. The van der Waals surface area contributed by atoms with Crippen LogP contribution in [0.3, 0.4) is 0 Å². The van der Waals surface area contributed by atoms with Gasteiger partial charge in [0.1, 0.15) is 5.60 Å². The van der Waals surface area contributed by atoms with Gasteiger partial charge in [0, 0.05) is 38.9 Å². The third kappa shape index (κ3) is 2.52. The van der Waals surface area contributed by atoms with Crippen LogP contribution in [0.25, 0.3) is 0 Å². The highest BCUT2D eigenvalue weighted by Gasteiger charge is 2.42. The predicted octanol–water partition coefficient (Wildman–Crippen LogP) is 2.50. The summed E-state index contributed by atoms with van der Waals surface area (Å²) >= 11 is 0. The Morgan fingerprint density at radius 3 is 2.17 bits per heavy atom. The molecule has 3 aliphatic heterocycles. The molecule has 0 radical (unpaired) electrons. The number of halogens is 1. The number of piperidine rings is 3. The lowest BCUT2D eigenvalue weighted by Gasteiger charge is -2.47. The monoisotopic (exact) mass is 267 g/mol. The van der Waals surface area contributed by atoms with E-state index in [2.05, 4.69) is 4.90 Å². The Balaban J connectivity index is 0.00000120. The van der Waals surface area contributed by atoms with E-state index in [0.29, 0.717) is 5.56 Å². The molecule has 2 bridgehead atoms. The second-order valence-electron chi connectivity index (χ2n) is 5.03. The van der Waals surface area contributed by atoms with E-state index in [1.54, 1.807) is 0 Å². The summed E-state index contributed by atoms with van der Waals surface area (Å²) in [5.74, 6) is -0.166. The third-order valence-electron chi connectivity index (χ3n) is 3.97. The van der Waals surface area contributed by atoms with Gasteiger partial charge < -0.3 is 9.64 Å². The van der Waals surface area contributed by atoms with Crippen LogP contribution in [0.5, 0.6) is 0 Å². The normalized spacial score (nSPS) is 29.4. The molecule has 0 saturated carbocycles. The summed E-state index contributed by atoms with van der Waals surface area (Å²) in [7, 11) is 0. The van der Waals surface area contributed by atoms with Crippen molar-refractivity contribution in [1.29, 1.82) is 0 Å². The van der Waals surface area contributed by atoms with Crippen LogP contribution in [0, 0.1) is 0 Å². The van der Waals surface area contributed by atoms with E-state index in [-0.39, 0.29) is 24.0 Å². The van der Waals surface area contributed by atoms with Crippen LogP contribution in [0.4, 0.5) is 0 Å². The smallest absolute Gasteiger partial charge is 0.338 e. The first kappa shape index (κ1) is 13.4. The molecule has 3 aliphatic rings. The maximum atomic E-state index is 12.1. The van der Waals surface area contributed by atoms with Gasteiger partial charge in [-0.15, -0.1) is 12.4 Å². The zero-order valence-electron chi connectivity index (χ0n) is 10.3. The number of carbonyl (C=O) groups is 1. The molecule has 4 heteroatoms. The Hall–Kier alpha value is -1.06. The zero-order valence-corrected chi connectivity index (χ0v) is 11.1. The topological polar surface area (TPSA) is 29.5 Å². The summed E-state index contributed by atoms with van der Waals surface area (Å²) in [6.07, 6.45) is 2.97. The van der Waals surface area contributed by atoms with Crippen LogP contribution in [0.1, 0.15) is 29.6 Å². The van der Waals surface area contributed by atoms with Gasteiger partial charge in [0.25, 0.3) is 0 Å². The molecule has 0 amide bonds. The lowest BCUT2D eigenvalue weighted by Crippen LogP contribution is -2.54. The van der Waals surface area contributed by atoms with E-state index >= 15 is 0 Å². The summed E-state index contributed by atoms with van der Waals surface area (Å²) in [6, 6.07) is 9.29. The van der Waals surface area contributed by atoms with Crippen molar-refractivity contribution in [1.82, 2.24) is 4.90 Å². The van der Waals surface area contributed by atoms with Gasteiger partial charge in [-0.25, -0.2) is 4.79 Å². The fraction of sp³-hybridized carbons (Fsp3) is 0.500. The number of fused-ring (bicyclic) bond motifs is 3. The van der Waals surface area contributed by atoms with Crippen molar-refractivity contribution >= 4 is 18.4 Å². The molecule has 0 N–H and O–H groups in total. The molecule has 0 atom stereocenters. The molecule has 4 rings (SSSR count). The number of nitrogens with zero attached hydrogens (tertiary/aromatic N) is 1. The Morgan fingerprint density at radius 1 is 1.06 bits per heavy atom. The van der Waals surface area contributed by atoms with Crippen molar-refractivity contribution in [2.45, 2.75) is 24.9 Å². The van der Waals surface area contributed by atoms with E-state index in [4.69, 9.17) is 4.74 Å². The third-order valence-corrected chi connectivity index (χ3v) is 3.97. The minimum atomic E-state index is -0.179. The van der Waals surface area contributed by atoms with Gasteiger partial charge in [-0.05, 0) is 12.1 Å². The minimum absolute atomic E-state index is 0. The fourth-order valence-electron chi connectivity index (χ4n) is 2.78. The molecule has 0 unspecified atom stereocenters. The molecular weight excluding hydrogens is 250 g/mol. The standard InChI is InChI=1S/C14H17NO2.ClH/c16-13(12-4-2-1-3-5-12)17-14-6-9-15(10-7-14)11-8-14;/h1-5H,6-11H2;1H. The second-order valence-corrected chi connectivity index (χ2v) is 5.03. The van der Waals surface area contributed by atoms with Gasteiger partial charge in [-0.2, -0.15) is 0 Å². The van der Waals surface area contributed by atoms with Crippen LogP contribution >= 0.6 is 12.4 Å². The first-order valence-corrected chi connectivity index (χ1v) is 6.28. The van der Waals surface area contributed by atoms with Gasteiger partial charge in [0.15, 0.2) is 0 Å². The summed E-state index contributed by atoms with van der Waals surface area (Å²) in [5.41, 5.74) is 0.483. The Kier molecular flexibility index (Phi) is 3.93. The highest BCUT2D eigenvalue weighted by Crippen LogP contribution is 2.35. The Bertz CT molecular complexity index is 399. The number of rotatable bonds is 2. The molecule has 0 aromatic heterocycles. The van der Waals surface area contributed by atoms with Crippen molar-refractivity contribution < 1.29 is 9.53 Å². The fourth-order valence-corrected chi connectivity index (χ4v) is 2.78. The molecule has 0 aliphatic carbocycles. The number of carbonyl (C=O) groups excluding carboxylic acids is 1. The lowest BCUT2D eigenvalue weighted by atomic mass is 9.83. The SMILES string of the molecule is Cl.O=C(OC12CCN(CC1)CC2)c1ccccc1. The van der Waals surface area contributed by atoms with Crippen molar-refractivity contribution in [3.8, 4) is 0 Å². The van der Waals surface area contributed by atoms with E-state index < -0.39 is 0 Å². The molecule has 18 heavy (non-hydrogen) atoms. The molecule has 1 aromatic carbocycles. The predicted molar refractivity (Wildman–Crippen MR) is 72.1 cm³/mol. The number of esters is 1. The molecule has 0 spiro atoms. The van der Waals surface area contributed by atoms with Crippen LogP contribution in [0.2, 0.25) is 0 Å². The molecule has 3 fully saturated rings. The molecule has 3 saturated heterocycles. The summed E-state index contributed by atoms with van der Waals surface area (Å²) in [5, 5.41) is 0. The maximum absolute atomic E-state index is 12.1. The van der Waals surface area contributed by atoms with E-state index in [1.165, 1.54) is 0 Å². The summed E-state index contributed by atoms with van der Waals surface area (Å²) in [6.45, 7) is 3.21. The molecule has 3 heterocycles. The van der Waals surface area contributed by atoms with Crippen molar-refractivity contribution in [3.63, 3.8) is 0 Å². The van der Waals surface area contributed by atoms with Crippen LogP contribution in [0.15, 0.2) is 30.3 Å². The van der Waals surface area contributed by atoms with Crippen molar-refractivity contribution in [2.75, 3.05) is 19.6 Å². The van der Waals surface area contributed by atoms with E-state index in [9.17, 15) is 4.79 Å². The number of hydrogen-bond acceptors (Lipinski definition) is 3. The lowest BCUT2D eigenvalue weighted by molar-refractivity contribution is -0.0870. The Morgan fingerprint density at radius 2 is 1.61 bits per heavy atom. The first-order valence-electron chi connectivity index (χ1n) is 6.28. The first-order chi connectivity index (χ1) is 8.27. The Labute approximate surface area is 114 Å². The molecule has 1 aromatic rings. The zero-order chi connectivity index (χ0) is 11.7. The molecule has 98 valence electrons. The van der Waals surface area contributed by atoms with Gasteiger partial charge >= 0.3 is 5.97 Å². The summed E-state index contributed by atoms with van der Waals surface area (Å²) < 4.78 is 5.79. The van der Waals surface area contributed by atoms with E-state index in [1.807, 2.05) is 30.3 Å². The van der Waals surface area contributed by atoms with Crippen molar-refractivity contribution in [2.24, 2.45) is 0 Å². The summed E-state index contributed by atoms with van der Waals surface area (Å²) in [4.78, 5) is 14.5. The number of ether oxygens (including phenoxy) is 1. The molecular formula is C14H18ClNO2. The second kappa shape index (κ2) is 5.29. The van der Waals surface area contributed by atoms with Crippen LogP contribution in [-0.4, -0.2) is 36.1 Å². The van der Waals surface area contributed by atoms with Gasteiger partial charge in [0.05, 0.1) is 5.56 Å². The van der Waals surface area contributed by atoms with Gasteiger partial charge in [-0.3, -0.25) is 0 Å². The molecule has 3 nitrogen and oxygen atoms in total. The number of benzene rings is 1. The quantitative estimate of drug-likeness (QED) is 0.771. The average molecular weight is 268 g/mol. The number of hydrogen-bond donors (Lipinski definition) is 0. The van der Waals surface area contributed by atoms with Gasteiger partial charge in [-0.1, -0.05) is 18.2 Å². The van der Waals surface area contributed by atoms with Crippen LogP contribution < -0.4 is 0 Å². The van der Waals surface area contributed by atoms with E-state index in [0.717, 1.165) is 38.9 Å². The largest absolute Gasteiger partial charge is 0.455 e. The highest BCUT2D eigenvalue weighted by molar-refractivity contribution is 5.89. The minimum Gasteiger partial charge on any atom is -0.455 e. The van der Waals surface area contributed by atoms with Crippen molar-refractivity contribution in [3.05, 3.63) is 35.9 Å². The van der Waals surface area contributed by atoms with Gasteiger partial charge in [0.2, 0.25) is 0 Å². The highest BCUT2D eigenvalue weighted by atomic mass is 35.5. The maximum Gasteiger partial charge on any atom is 0.338 e. The van der Waals surface area contributed by atoms with Crippen LogP contribution in [-0.2, 0) is 4.74 Å².